The standard InChI is InChI=1S/C30H37N3O5/c1-4-29-15-16-30(38-29)24(23(29)26(35)32-21-13-9-6-10-14-21)28(37)33(25(30)27(36)31-19(2)3)22(18-34)17-20-11-7-5-8-12-20/h5-14,19,22-25,34H,4,15-18H2,1-3H3,(H,31,36)(H,32,35)/t22-,23+,24+,25?,29-,30?/m1/s1. The van der Waals surface area contributed by atoms with Crippen LogP contribution in [0.4, 0.5) is 5.69 Å². The highest BCUT2D eigenvalue weighted by Crippen LogP contribution is 2.64. The van der Waals surface area contributed by atoms with Crippen LogP contribution >= 0.6 is 0 Å². The molecule has 3 fully saturated rings. The number of ether oxygens (including phenoxy) is 1. The van der Waals surface area contributed by atoms with Crippen LogP contribution < -0.4 is 10.6 Å². The van der Waals surface area contributed by atoms with Crippen LogP contribution in [-0.2, 0) is 25.5 Å². The monoisotopic (exact) mass is 519 g/mol. The van der Waals surface area contributed by atoms with E-state index < -0.39 is 35.1 Å². The average molecular weight is 520 g/mol. The zero-order valence-corrected chi connectivity index (χ0v) is 22.2. The number of fused-ring (bicyclic) bond motifs is 1. The Bertz CT molecular complexity index is 1190. The number of rotatable bonds is 9. The Morgan fingerprint density at radius 1 is 1.05 bits per heavy atom. The van der Waals surface area contributed by atoms with Gasteiger partial charge in [0.1, 0.15) is 11.6 Å². The zero-order chi connectivity index (χ0) is 27.1. The smallest absolute Gasteiger partial charge is 0.246 e. The van der Waals surface area contributed by atoms with Gasteiger partial charge in [0, 0.05) is 11.7 Å². The summed E-state index contributed by atoms with van der Waals surface area (Å²) < 4.78 is 6.79. The number of carbonyl (C=O) groups is 3. The molecule has 1 spiro atoms. The van der Waals surface area contributed by atoms with Crippen molar-refractivity contribution in [3.8, 4) is 0 Å². The number of hydrogen-bond acceptors (Lipinski definition) is 5. The maximum Gasteiger partial charge on any atom is 0.246 e. The SMILES string of the molecule is CC[C@]12CCC3(O1)C(C(=O)NC(C)C)N([C@@H](CO)Cc1ccccc1)C(=O)[C@@H]3[C@H]2C(=O)Nc1ccccc1. The fraction of sp³-hybridized carbons (Fsp3) is 0.500. The van der Waals surface area contributed by atoms with E-state index in [4.69, 9.17) is 4.74 Å². The summed E-state index contributed by atoms with van der Waals surface area (Å²) in [5, 5.41) is 16.5. The Morgan fingerprint density at radius 2 is 1.71 bits per heavy atom. The number of aliphatic hydroxyl groups excluding tert-OH is 1. The minimum Gasteiger partial charge on any atom is -0.394 e. The van der Waals surface area contributed by atoms with Gasteiger partial charge in [-0.25, -0.2) is 0 Å². The van der Waals surface area contributed by atoms with Gasteiger partial charge >= 0.3 is 0 Å². The topological polar surface area (TPSA) is 108 Å². The Balaban J connectivity index is 1.56. The second kappa shape index (κ2) is 10.2. The van der Waals surface area contributed by atoms with Gasteiger partial charge in [0.05, 0.1) is 30.1 Å². The molecule has 2 aromatic rings. The molecule has 0 radical (unpaired) electrons. The van der Waals surface area contributed by atoms with Crippen LogP contribution in [0.3, 0.4) is 0 Å². The molecule has 2 aromatic carbocycles. The van der Waals surface area contributed by atoms with E-state index in [0.29, 0.717) is 31.4 Å². The quantitative estimate of drug-likeness (QED) is 0.472. The first-order valence-corrected chi connectivity index (χ1v) is 13.6. The third-order valence-electron chi connectivity index (χ3n) is 8.54. The normalized spacial score (nSPS) is 30.4. The van der Waals surface area contributed by atoms with E-state index in [1.807, 2.05) is 81.4 Å². The first-order chi connectivity index (χ1) is 18.3. The third-order valence-corrected chi connectivity index (χ3v) is 8.54. The fourth-order valence-electron chi connectivity index (χ4n) is 6.99. The molecule has 3 saturated heterocycles. The van der Waals surface area contributed by atoms with Crippen molar-refractivity contribution in [2.24, 2.45) is 11.8 Å². The van der Waals surface area contributed by atoms with Crippen molar-refractivity contribution in [2.45, 2.75) is 75.8 Å². The van der Waals surface area contributed by atoms with Crippen LogP contribution in [-0.4, -0.2) is 63.7 Å². The molecule has 5 rings (SSSR count). The molecule has 0 saturated carbocycles. The predicted molar refractivity (Wildman–Crippen MR) is 143 cm³/mol. The minimum atomic E-state index is -1.13. The van der Waals surface area contributed by atoms with Crippen molar-refractivity contribution >= 4 is 23.4 Å². The average Bonchev–Trinajstić information content (AvgIpc) is 3.51. The van der Waals surface area contributed by atoms with Crippen molar-refractivity contribution < 1.29 is 24.2 Å². The van der Waals surface area contributed by atoms with E-state index in [-0.39, 0.29) is 30.4 Å². The van der Waals surface area contributed by atoms with E-state index in [1.54, 1.807) is 0 Å². The van der Waals surface area contributed by atoms with E-state index in [2.05, 4.69) is 10.6 Å². The molecule has 0 aliphatic carbocycles. The maximum absolute atomic E-state index is 14.4. The maximum atomic E-state index is 14.4. The lowest BCUT2D eigenvalue weighted by atomic mass is 9.65. The first-order valence-electron chi connectivity index (χ1n) is 13.6. The van der Waals surface area contributed by atoms with Gasteiger partial charge in [0.2, 0.25) is 17.7 Å². The Hall–Kier alpha value is -3.23. The van der Waals surface area contributed by atoms with Crippen LogP contribution in [0.1, 0.15) is 45.6 Å². The van der Waals surface area contributed by atoms with Crippen molar-refractivity contribution in [3.05, 3.63) is 66.2 Å². The lowest BCUT2D eigenvalue weighted by molar-refractivity contribution is -0.150. The predicted octanol–water partition coefficient (Wildman–Crippen LogP) is 2.91. The molecule has 3 heterocycles. The molecular weight excluding hydrogens is 482 g/mol. The Morgan fingerprint density at radius 3 is 2.32 bits per heavy atom. The molecule has 2 unspecified atom stereocenters. The number of nitrogens with zero attached hydrogens (tertiary/aromatic N) is 1. The van der Waals surface area contributed by atoms with Crippen molar-refractivity contribution in [2.75, 3.05) is 11.9 Å². The lowest BCUT2D eigenvalue weighted by Crippen LogP contribution is -2.59. The van der Waals surface area contributed by atoms with Crippen LogP contribution in [0.25, 0.3) is 0 Å². The highest BCUT2D eigenvalue weighted by atomic mass is 16.5. The summed E-state index contributed by atoms with van der Waals surface area (Å²) in [5.41, 5.74) is -0.357. The minimum absolute atomic E-state index is 0.146. The Kier molecular flexibility index (Phi) is 7.05. The highest BCUT2D eigenvalue weighted by molar-refractivity contribution is 6.02. The van der Waals surface area contributed by atoms with Gasteiger partial charge < -0.3 is 25.4 Å². The van der Waals surface area contributed by atoms with Gasteiger partial charge in [-0.1, -0.05) is 55.5 Å². The molecule has 3 aliphatic heterocycles. The summed E-state index contributed by atoms with van der Waals surface area (Å²) in [6, 6.07) is 17.1. The van der Waals surface area contributed by atoms with Crippen LogP contribution in [0.15, 0.2) is 60.7 Å². The number of anilines is 1. The molecule has 38 heavy (non-hydrogen) atoms. The second-order valence-corrected chi connectivity index (χ2v) is 11.1. The Labute approximate surface area is 223 Å². The van der Waals surface area contributed by atoms with E-state index >= 15 is 0 Å². The van der Waals surface area contributed by atoms with Gasteiger partial charge in [-0.05, 0) is 57.2 Å². The number of likely N-dealkylation sites (tertiary alicyclic amines) is 1. The molecule has 3 aliphatic rings. The van der Waals surface area contributed by atoms with Crippen LogP contribution in [0.2, 0.25) is 0 Å². The summed E-state index contributed by atoms with van der Waals surface area (Å²) in [7, 11) is 0. The largest absolute Gasteiger partial charge is 0.394 e. The molecule has 8 nitrogen and oxygen atoms in total. The zero-order valence-electron chi connectivity index (χ0n) is 22.2. The van der Waals surface area contributed by atoms with Crippen molar-refractivity contribution in [1.29, 1.82) is 0 Å². The molecule has 8 heteroatoms. The summed E-state index contributed by atoms with van der Waals surface area (Å²) >= 11 is 0. The summed E-state index contributed by atoms with van der Waals surface area (Å²) in [6.07, 6.45) is 2.03. The van der Waals surface area contributed by atoms with Crippen molar-refractivity contribution in [1.82, 2.24) is 10.2 Å². The highest BCUT2D eigenvalue weighted by Gasteiger charge is 2.79. The summed E-state index contributed by atoms with van der Waals surface area (Å²) in [5.74, 6) is -2.44. The van der Waals surface area contributed by atoms with E-state index in [0.717, 1.165) is 5.56 Å². The molecule has 202 valence electrons. The van der Waals surface area contributed by atoms with Gasteiger partial charge in [-0.3, -0.25) is 14.4 Å². The summed E-state index contributed by atoms with van der Waals surface area (Å²) in [4.78, 5) is 43.5. The van der Waals surface area contributed by atoms with E-state index in [1.165, 1.54) is 4.90 Å². The fourth-order valence-corrected chi connectivity index (χ4v) is 6.99. The van der Waals surface area contributed by atoms with Crippen LogP contribution in [0, 0.1) is 11.8 Å². The van der Waals surface area contributed by atoms with Gasteiger partial charge in [-0.15, -0.1) is 0 Å². The third kappa shape index (κ3) is 4.20. The molecule has 2 bridgehead atoms. The van der Waals surface area contributed by atoms with Gasteiger partial charge in [0.25, 0.3) is 0 Å². The second-order valence-electron chi connectivity index (χ2n) is 11.1. The number of nitrogens with one attached hydrogen (secondary N) is 2. The number of amides is 3. The number of hydrogen-bond donors (Lipinski definition) is 3. The van der Waals surface area contributed by atoms with Gasteiger partial charge in [0.15, 0.2) is 0 Å². The number of para-hydroxylation sites is 1. The first kappa shape index (κ1) is 26.4. The molecule has 3 N–H and O–H groups in total. The number of benzene rings is 2. The molecular formula is C30H37N3O5. The molecule has 3 amide bonds. The molecule has 6 atom stereocenters. The van der Waals surface area contributed by atoms with Gasteiger partial charge in [-0.2, -0.15) is 0 Å². The number of carbonyl (C=O) groups excluding carboxylic acids is 3. The number of aliphatic hydroxyl groups is 1. The molecule has 0 aromatic heterocycles. The van der Waals surface area contributed by atoms with E-state index in [9.17, 15) is 19.5 Å². The lowest BCUT2D eigenvalue weighted by Gasteiger charge is -2.37. The summed E-state index contributed by atoms with van der Waals surface area (Å²) in [6.45, 7) is 5.41. The van der Waals surface area contributed by atoms with Crippen LogP contribution in [0.5, 0.6) is 0 Å². The van der Waals surface area contributed by atoms with Crippen molar-refractivity contribution in [3.63, 3.8) is 0 Å².